The van der Waals surface area contributed by atoms with E-state index in [-0.39, 0.29) is 10.8 Å². The van der Waals surface area contributed by atoms with Gasteiger partial charge in [0, 0.05) is 44.8 Å². The number of anilines is 6. The fraction of sp³-hybridized carbons (Fsp3) is 0.0727. The smallest absolute Gasteiger partial charge is 0.0726 e. The molecule has 0 aromatic heterocycles. The number of rotatable bonds is 10. The third kappa shape index (κ3) is 8.92. The lowest BCUT2D eigenvalue weighted by molar-refractivity contribution is 0.660. The summed E-state index contributed by atoms with van der Waals surface area (Å²) in [7, 11) is 0. The molecule has 6 aliphatic rings. The maximum atomic E-state index is 2.56. The number of benzene rings is 17. The van der Waals surface area contributed by atoms with Gasteiger partial charge in [-0.1, -0.05) is 331 Å². The first kappa shape index (κ1) is 64.3. The molecule has 0 unspecified atom stereocenters. The number of hydrogen-bond acceptors (Lipinski definition) is 2. The van der Waals surface area contributed by atoms with Crippen LogP contribution in [-0.4, -0.2) is 0 Å². The highest BCUT2D eigenvalue weighted by Gasteiger charge is 2.54. The number of hydrogen-bond donors (Lipinski definition) is 0. The SMILES string of the molecule is CC1(C)c2cc(-c3cccc(-c4ccc(N(c5ccc6c(c5)C(C)(C)c5ccccc5-6)c5ccc6c(c5)C5(c7ccccc7-c7ccccc75)c5ccccc5-6)c(-c5ccccc5)c4)c3)ccc2-c2ccc(N(c3ccc(-c4ccccc4)cc3)c3ccc4c(c3)C3(c5ccccc5-c5ccccc53)c3ccccc3-4)cc21. The van der Waals surface area contributed by atoms with Crippen molar-refractivity contribution >= 4 is 34.1 Å². The van der Waals surface area contributed by atoms with Gasteiger partial charge in [0.05, 0.1) is 16.5 Å². The van der Waals surface area contributed by atoms with Crippen molar-refractivity contribution < 1.29 is 0 Å². The van der Waals surface area contributed by atoms with Gasteiger partial charge in [-0.05, 0) is 257 Å². The Morgan fingerprint density at radius 1 is 0.152 bits per heavy atom. The average molecular weight is 1430 g/mol. The van der Waals surface area contributed by atoms with E-state index in [1.165, 1.54) is 156 Å². The van der Waals surface area contributed by atoms with Gasteiger partial charge in [-0.25, -0.2) is 0 Å². The molecule has 112 heavy (non-hydrogen) atoms. The summed E-state index contributed by atoms with van der Waals surface area (Å²) < 4.78 is 0. The molecular weight excluding hydrogens is 1350 g/mol. The lowest BCUT2D eigenvalue weighted by Crippen LogP contribution is -2.26. The Hall–Kier alpha value is -13.7. The van der Waals surface area contributed by atoms with Crippen molar-refractivity contribution in [3.63, 3.8) is 0 Å². The minimum atomic E-state index is -0.512. The molecule has 0 aliphatic heterocycles. The maximum Gasteiger partial charge on any atom is 0.0726 e. The van der Waals surface area contributed by atoms with Gasteiger partial charge in [-0.15, -0.1) is 0 Å². The quantitative estimate of drug-likeness (QED) is 0.135. The Balaban J connectivity index is 0.635. The van der Waals surface area contributed by atoms with Crippen LogP contribution in [0.5, 0.6) is 0 Å². The lowest BCUT2D eigenvalue weighted by Gasteiger charge is -2.33. The summed E-state index contributed by atoms with van der Waals surface area (Å²) in [6.45, 7) is 9.65. The molecule has 0 bridgehead atoms. The molecule has 23 rings (SSSR count). The van der Waals surface area contributed by atoms with Crippen LogP contribution in [0.25, 0.3) is 111 Å². The van der Waals surface area contributed by atoms with E-state index < -0.39 is 10.8 Å². The molecule has 0 radical (unpaired) electrons. The van der Waals surface area contributed by atoms with E-state index in [1.807, 2.05) is 0 Å². The third-order valence-electron chi connectivity index (χ3n) is 26.3. The maximum absolute atomic E-state index is 2.56. The van der Waals surface area contributed by atoms with Crippen molar-refractivity contribution in [1.29, 1.82) is 0 Å². The molecule has 0 saturated carbocycles. The second-order valence-electron chi connectivity index (χ2n) is 32.5. The van der Waals surface area contributed by atoms with Crippen LogP contribution in [0.3, 0.4) is 0 Å². The summed E-state index contributed by atoms with van der Waals surface area (Å²) in [5.74, 6) is 0. The van der Waals surface area contributed by atoms with Crippen molar-refractivity contribution in [3.8, 4) is 111 Å². The van der Waals surface area contributed by atoms with Crippen LogP contribution in [0.1, 0.15) is 94.5 Å². The van der Waals surface area contributed by atoms with Gasteiger partial charge < -0.3 is 9.80 Å². The molecule has 2 spiro atoms. The Morgan fingerprint density at radius 3 is 0.857 bits per heavy atom. The summed E-state index contributed by atoms with van der Waals surface area (Å²) in [5, 5.41) is 0. The minimum absolute atomic E-state index is 0.214. The summed E-state index contributed by atoms with van der Waals surface area (Å²) in [6.07, 6.45) is 0. The second-order valence-corrected chi connectivity index (χ2v) is 32.5. The lowest BCUT2D eigenvalue weighted by atomic mass is 9.70. The molecular formula is C110H76N2. The Morgan fingerprint density at radius 2 is 0.420 bits per heavy atom. The van der Waals surface area contributed by atoms with E-state index in [2.05, 4.69) is 426 Å². The molecule has 0 atom stereocenters. The van der Waals surface area contributed by atoms with Gasteiger partial charge in [0.15, 0.2) is 0 Å². The monoisotopic (exact) mass is 1420 g/mol. The molecule has 17 aromatic rings. The van der Waals surface area contributed by atoms with Gasteiger partial charge >= 0.3 is 0 Å². The zero-order valence-corrected chi connectivity index (χ0v) is 62.8. The Labute approximate surface area is 655 Å². The van der Waals surface area contributed by atoms with Crippen LogP contribution in [0, 0.1) is 0 Å². The van der Waals surface area contributed by atoms with Crippen molar-refractivity contribution in [2.75, 3.05) is 9.80 Å². The highest BCUT2D eigenvalue weighted by atomic mass is 15.2. The van der Waals surface area contributed by atoms with Gasteiger partial charge in [0.25, 0.3) is 0 Å². The van der Waals surface area contributed by atoms with Crippen molar-refractivity contribution in [1.82, 2.24) is 0 Å². The molecule has 0 saturated heterocycles. The van der Waals surface area contributed by atoms with Crippen LogP contribution < -0.4 is 9.80 Å². The van der Waals surface area contributed by atoms with E-state index >= 15 is 0 Å². The molecule has 526 valence electrons. The zero-order chi connectivity index (χ0) is 74.3. The van der Waals surface area contributed by atoms with E-state index in [4.69, 9.17) is 0 Å². The zero-order valence-electron chi connectivity index (χ0n) is 62.8. The fourth-order valence-corrected chi connectivity index (χ4v) is 21.3. The van der Waals surface area contributed by atoms with Crippen molar-refractivity contribution in [3.05, 3.63) is 455 Å². The highest BCUT2D eigenvalue weighted by Crippen LogP contribution is 2.66. The molecule has 2 heteroatoms. The standard InChI is InChI=1S/C110H76N2/c1-107(2)94-39-18-11-32-81(94)89-58-54-79(66-102(89)107)112(80-55-60-92-87-38-17-24-45-100(87)110(105(92)68-80)97-42-21-14-35-84(97)85-36-15-22-43-98(85)110)106-61-49-74(63-93(106)71-28-9-6-10-29-71)72-30-25-31-73(62-72)75-48-56-88-90-57-52-77(65-103(90)108(3,4)101(88)64-75)111(76-50-46-70(47-51-76)69-26-7-5-8-27-69)78-53-59-91-86-37-16-23-44-99(86)109(104(91)67-78)95-40-19-12-33-82(95)83-34-13-20-41-96(83)109/h5-68H,1-4H3. The Kier molecular flexibility index (Phi) is 13.7. The molecule has 0 N–H and O–H groups in total. The summed E-state index contributed by atoms with van der Waals surface area (Å²) in [6, 6.07) is 148. The fourth-order valence-electron chi connectivity index (χ4n) is 21.3. The van der Waals surface area contributed by atoms with Gasteiger partial charge in [-0.3, -0.25) is 0 Å². The van der Waals surface area contributed by atoms with Crippen LogP contribution in [0.4, 0.5) is 34.1 Å². The van der Waals surface area contributed by atoms with E-state index in [0.717, 1.165) is 56.4 Å². The van der Waals surface area contributed by atoms with Crippen molar-refractivity contribution in [2.45, 2.75) is 49.4 Å². The Bertz CT molecular complexity index is 6700. The van der Waals surface area contributed by atoms with Crippen LogP contribution in [-0.2, 0) is 21.7 Å². The highest BCUT2D eigenvalue weighted by molar-refractivity contribution is 6.01. The molecule has 6 aliphatic carbocycles. The largest absolute Gasteiger partial charge is 0.310 e. The predicted molar refractivity (Wildman–Crippen MR) is 465 cm³/mol. The predicted octanol–water partition coefficient (Wildman–Crippen LogP) is 28.6. The number of fused-ring (bicyclic) bond motifs is 26. The normalized spacial score (nSPS) is 14.5. The molecule has 0 amide bonds. The first-order valence-electron chi connectivity index (χ1n) is 39.5. The van der Waals surface area contributed by atoms with Gasteiger partial charge in [-0.2, -0.15) is 0 Å². The average Bonchev–Trinajstić information content (AvgIpc) is 1.51. The van der Waals surface area contributed by atoms with Crippen LogP contribution in [0.15, 0.2) is 388 Å². The summed E-state index contributed by atoms with van der Waals surface area (Å²) in [5.41, 5.74) is 46.0. The molecule has 0 fully saturated rings. The van der Waals surface area contributed by atoms with Crippen LogP contribution in [0.2, 0.25) is 0 Å². The van der Waals surface area contributed by atoms with E-state index in [1.54, 1.807) is 0 Å². The van der Waals surface area contributed by atoms with Crippen LogP contribution >= 0.6 is 0 Å². The molecule has 2 nitrogen and oxygen atoms in total. The minimum Gasteiger partial charge on any atom is -0.310 e. The summed E-state index contributed by atoms with van der Waals surface area (Å²) >= 11 is 0. The van der Waals surface area contributed by atoms with E-state index in [9.17, 15) is 0 Å². The molecule has 0 heterocycles. The van der Waals surface area contributed by atoms with E-state index in [0.29, 0.717) is 0 Å². The first-order chi connectivity index (χ1) is 55.0. The first-order valence-corrected chi connectivity index (χ1v) is 39.5. The summed E-state index contributed by atoms with van der Waals surface area (Å²) in [4.78, 5) is 5.07. The molecule has 17 aromatic carbocycles. The second kappa shape index (κ2) is 23.9. The number of nitrogens with zero attached hydrogens (tertiary/aromatic N) is 2. The van der Waals surface area contributed by atoms with Gasteiger partial charge in [0.2, 0.25) is 0 Å². The topological polar surface area (TPSA) is 6.48 Å². The third-order valence-corrected chi connectivity index (χ3v) is 26.3. The van der Waals surface area contributed by atoms with Crippen molar-refractivity contribution in [2.24, 2.45) is 0 Å². The van der Waals surface area contributed by atoms with Gasteiger partial charge in [0.1, 0.15) is 0 Å².